The minimum absolute atomic E-state index is 0.0683. The summed E-state index contributed by atoms with van der Waals surface area (Å²) in [6, 6.07) is -0.0683. The van der Waals surface area contributed by atoms with Gasteiger partial charge in [0, 0.05) is 7.11 Å². The van der Waals surface area contributed by atoms with E-state index in [9.17, 15) is 0 Å². The van der Waals surface area contributed by atoms with Crippen molar-refractivity contribution in [2.45, 2.75) is 13.0 Å². The Kier molecular flexibility index (Phi) is 4.89. The van der Waals surface area contributed by atoms with Crippen LogP contribution in [-0.2, 0) is 4.74 Å². The quantitative estimate of drug-likeness (QED) is 0.595. The molecule has 0 heterocycles. The van der Waals surface area contributed by atoms with Crippen LogP contribution in [0.25, 0.3) is 0 Å². The van der Waals surface area contributed by atoms with Crippen LogP contribution < -0.4 is 5.73 Å². The van der Waals surface area contributed by atoms with Crippen molar-refractivity contribution < 1.29 is 4.74 Å². The van der Waals surface area contributed by atoms with Crippen molar-refractivity contribution >= 4 is 0 Å². The highest BCUT2D eigenvalue weighted by Crippen LogP contribution is 1.98. The molecule has 2 heteroatoms. The van der Waals surface area contributed by atoms with Crippen molar-refractivity contribution in [3.63, 3.8) is 0 Å². The second-order valence-corrected chi connectivity index (χ2v) is 2.14. The van der Waals surface area contributed by atoms with Crippen molar-refractivity contribution in [1.29, 1.82) is 0 Å². The van der Waals surface area contributed by atoms with Gasteiger partial charge in [0.1, 0.15) is 0 Å². The smallest absolute Gasteiger partial charge is 0.0655 e. The maximum absolute atomic E-state index is 5.64. The third-order valence-electron chi connectivity index (χ3n) is 1.20. The van der Waals surface area contributed by atoms with Gasteiger partial charge in [-0.15, -0.1) is 0 Å². The molecule has 0 aliphatic carbocycles. The van der Waals surface area contributed by atoms with E-state index in [1.54, 1.807) is 7.11 Å². The van der Waals surface area contributed by atoms with Gasteiger partial charge in [-0.2, -0.15) is 0 Å². The number of allylic oxidation sites excluding steroid dienone is 1. The molecule has 2 N–H and O–H groups in total. The van der Waals surface area contributed by atoms with Crippen LogP contribution in [0.2, 0.25) is 0 Å². The zero-order chi connectivity index (χ0) is 7.98. The highest BCUT2D eigenvalue weighted by Gasteiger charge is 2.01. The summed E-state index contributed by atoms with van der Waals surface area (Å²) in [4.78, 5) is 0. The topological polar surface area (TPSA) is 35.2 Å². The Hall–Kier alpha value is -0.600. The molecule has 0 aliphatic heterocycles. The van der Waals surface area contributed by atoms with Crippen molar-refractivity contribution in [2.75, 3.05) is 13.7 Å². The summed E-state index contributed by atoms with van der Waals surface area (Å²) in [7, 11) is 1.63. The summed E-state index contributed by atoms with van der Waals surface area (Å²) in [5.41, 5.74) is 6.54. The molecule has 0 spiro atoms. The summed E-state index contributed by atoms with van der Waals surface area (Å²) in [6.45, 7) is 6.24. The molecule has 0 amide bonds. The molecule has 10 heavy (non-hydrogen) atoms. The first-order valence-corrected chi connectivity index (χ1v) is 3.28. The molecular formula is C8H15NO. The van der Waals surface area contributed by atoms with Crippen molar-refractivity contribution in [2.24, 2.45) is 5.73 Å². The number of hydrogen-bond acceptors (Lipinski definition) is 2. The van der Waals surface area contributed by atoms with E-state index in [4.69, 9.17) is 10.5 Å². The molecular weight excluding hydrogens is 126 g/mol. The predicted octanol–water partition coefficient (Wildman–Crippen LogP) is 1.09. The SMILES string of the molecule is C=C(/C=C\C)C(N)COC. The zero-order valence-corrected chi connectivity index (χ0v) is 6.63. The summed E-state index contributed by atoms with van der Waals surface area (Å²) < 4.78 is 4.85. The Balaban J connectivity index is 3.70. The van der Waals surface area contributed by atoms with Crippen LogP contribution in [0.4, 0.5) is 0 Å². The van der Waals surface area contributed by atoms with E-state index in [2.05, 4.69) is 6.58 Å². The average Bonchev–Trinajstić information content (AvgIpc) is 1.89. The van der Waals surface area contributed by atoms with Crippen LogP contribution >= 0.6 is 0 Å². The normalized spacial score (nSPS) is 13.9. The van der Waals surface area contributed by atoms with Gasteiger partial charge in [0.05, 0.1) is 12.6 Å². The Morgan fingerprint density at radius 2 is 2.40 bits per heavy atom. The Morgan fingerprint density at radius 3 is 2.80 bits per heavy atom. The fourth-order valence-electron chi connectivity index (χ4n) is 0.624. The third kappa shape index (κ3) is 3.43. The van der Waals surface area contributed by atoms with Gasteiger partial charge in [-0.05, 0) is 12.5 Å². The molecule has 0 aromatic rings. The van der Waals surface area contributed by atoms with Gasteiger partial charge in [0.2, 0.25) is 0 Å². The standard InChI is InChI=1S/C8H15NO/c1-4-5-7(2)8(9)6-10-3/h4-5,8H,2,6,9H2,1,3H3/b5-4-. The molecule has 0 aromatic carbocycles. The van der Waals surface area contributed by atoms with Gasteiger partial charge in [-0.3, -0.25) is 0 Å². The lowest BCUT2D eigenvalue weighted by molar-refractivity contribution is 0.190. The highest BCUT2D eigenvalue weighted by molar-refractivity contribution is 5.19. The first kappa shape index (κ1) is 9.40. The summed E-state index contributed by atoms with van der Waals surface area (Å²) in [5.74, 6) is 0. The fourth-order valence-corrected chi connectivity index (χ4v) is 0.624. The molecule has 0 aliphatic rings. The van der Waals surface area contributed by atoms with E-state index < -0.39 is 0 Å². The van der Waals surface area contributed by atoms with Gasteiger partial charge in [-0.1, -0.05) is 18.7 Å². The van der Waals surface area contributed by atoms with Crippen molar-refractivity contribution in [3.8, 4) is 0 Å². The number of rotatable bonds is 4. The lowest BCUT2D eigenvalue weighted by Crippen LogP contribution is -2.26. The Labute approximate surface area is 62.4 Å². The van der Waals surface area contributed by atoms with Gasteiger partial charge < -0.3 is 10.5 Å². The number of hydrogen-bond donors (Lipinski definition) is 1. The molecule has 0 aromatic heterocycles. The van der Waals surface area contributed by atoms with E-state index in [-0.39, 0.29) is 6.04 Å². The van der Waals surface area contributed by atoms with Crippen LogP contribution in [0.1, 0.15) is 6.92 Å². The van der Waals surface area contributed by atoms with E-state index >= 15 is 0 Å². The molecule has 1 atom stereocenters. The molecule has 0 bridgehead atoms. The molecule has 0 fully saturated rings. The minimum atomic E-state index is -0.0683. The number of methoxy groups -OCH3 is 1. The number of ether oxygens (including phenoxy) is 1. The third-order valence-corrected chi connectivity index (χ3v) is 1.20. The average molecular weight is 141 g/mol. The van der Waals surface area contributed by atoms with Crippen LogP contribution in [0, 0.1) is 0 Å². The predicted molar refractivity (Wildman–Crippen MR) is 43.8 cm³/mol. The van der Waals surface area contributed by atoms with E-state index in [1.807, 2.05) is 19.1 Å². The number of nitrogens with two attached hydrogens (primary N) is 1. The van der Waals surface area contributed by atoms with E-state index in [1.165, 1.54) is 0 Å². The van der Waals surface area contributed by atoms with E-state index in [0.29, 0.717) is 6.61 Å². The second-order valence-electron chi connectivity index (χ2n) is 2.14. The molecule has 0 saturated carbocycles. The first-order chi connectivity index (χ1) is 4.72. The summed E-state index contributed by atoms with van der Waals surface area (Å²) >= 11 is 0. The second kappa shape index (κ2) is 5.21. The molecule has 0 radical (unpaired) electrons. The van der Waals surface area contributed by atoms with Crippen LogP contribution in [-0.4, -0.2) is 19.8 Å². The highest BCUT2D eigenvalue weighted by atomic mass is 16.5. The maximum Gasteiger partial charge on any atom is 0.0655 e. The Morgan fingerprint density at radius 1 is 1.80 bits per heavy atom. The summed E-state index contributed by atoms with van der Waals surface area (Å²) in [6.07, 6.45) is 3.81. The lowest BCUT2D eigenvalue weighted by atomic mass is 10.1. The maximum atomic E-state index is 5.64. The van der Waals surface area contributed by atoms with Crippen LogP contribution in [0.15, 0.2) is 24.3 Å². The molecule has 0 rings (SSSR count). The van der Waals surface area contributed by atoms with Gasteiger partial charge >= 0.3 is 0 Å². The van der Waals surface area contributed by atoms with Gasteiger partial charge in [0.25, 0.3) is 0 Å². The lowest BCUT2D eigenvalue weighted by Gasteiger charge is -2.09. The summed E-state index contributed by atoms with van der Waals surface area (Å²) in [5, 5.41) is 0. The van der Waals surface area contributed by atoms with Crippen LogP contribution in [0.3, 0.4) is 0 Å². The van der Waals surface area contributed by atoms with Crippen molar-refractivity contribution in [1.82, 2.24) is 0 Å². The van der Waals surface area contributed by atoms with Gasteiger partial charge in [-0.25, -0.2) is 0 Å². The monoisotopic (exact) mass is 141 g/mol. The fraction of sp³-hybridized carbons (Fsp3) is 0.500. The largest absolute Gasteiger partial charge is 0.383 e. The minimum Gasteiger partial charge on any atom is -0.383 e. The first-order valence-electron chi connectivity index (χ1n) is 3.28. The molecule has 58 valence electrons. The zero-order valence-electron chi connectivity index (χ0n) is 6.63. The molecule has 1 unspecified atom stereocenters. The molecule has 0 saturated heterocycles. The Bertz CT molecular complexity index is 129. The van der Waals surface area contributed by atoms with Crippen LogP contribution in [0.5, 0.6) is 0 Å². The van der Waals surface area contributed by atoms with E-state index in [0.717, 1.165) is 5.57 Å². The van der Waals surface area contributed by atoms with Gasteiger partial charge in [0.15, 0.2) is 0 Å². The molecule has 2 nitrogen and oxygen atoms in total. The van der Waals surface area contributed by atoms with Crippen molar-refractivity contribution in [3.05, 3.63) is 24.3 Å².